The lowest BCUT2D eigenvalue weighted by Gasteiger charge is -2.03. The van der Waals surface area contributed by atoms with Gasteiger partial charge in [0.25, 0.3) is 17.3 Å². The Morgan fingerprint density at radius 3 is 2.32 bits per heavy atom. The maximum Gasteiger partial charge on any atom is 0.277 e. The lowest BCUT2D eigenvalue weighted by Crippen LogP contribution is -2.18. The molecule has 0 radical (unpaired) electrons. The van der Waals surface area contributed by atoms with Crippen LogP contribution in [0, 0.1) is 20.2 Å². The van der Waals surface area contributed by atoms with Crippen molar-refractivity contribution in [3.63, 3.8) is 0 Å². The number of phenols is 1. The van der Waals surface area contributed by atoms with Gasteiger partial charge in [0, 0.05) is 17.7 Å². The van der Waals surface area contributed by atoms with E-state index >= 15 is 0 Å². The highest BCUT2D eigenvalue weighted by atomic mass is 16.6. The molecule has 0 heterocycles. The Bertz CT molecular complexity index is 1110. The first-order chi connectivity index (χ1) is 13.3. The lowest BCUT2D eigenvalue weighted by atomic mass is 10.1. The summed E-state index contributed by atoms with van der Waals surface area (Å²) in [7, 11) is 0. The zero-order valence-corrected chi connectivity index (χ0v) is 14.1. The van der Waals surface area contributed by atoms with E-state index in [9.17, 15) is 30.1 Å². The summed E-state index contributed by atoms with van der Waals surface area (Å²) in [6, 6.07) is 12.8. The monoisotopic (exact) mass is 380 g/mol. The number of hydrazone groups is 1. The van der Waals surface area contributed by atoms with Crippen LogP contribution in [0.3, 0.4) is 0 Å². The quantitative estimate of drug-likeness (QED) is 0.395. The van der Waals surface area contributed by atoms with E-state index in [4.69, 9.17) is 0 Å². The smallest absolute Gasteiger partial charge is 0.277 e. The number of nitro benzene ring substituents is 2. The van der Waals surface area contributed by atoms with E-state index in [1.165, 1.54) is 6.21 Å². The molecular formula is C18H12N4O6. The third kappa shape index (κ3) is 3.90. The van der Waals surface area contributed by atoms with Crippen molar-refractivity contribution in [3.8, 4) is 5.75 Å². The maximum atomic E-state index is 12.2. The normalized spacial score (nSPS) is 10.9. The van der Waals surface area contributed by atoms with E-state index in [-0.39, 0.29) is 11.3 Å². The minimum absolute atomic E-state index is 0.0706. The summed E-state index contributed by atoms with van der Waals surface area (Å²) in [6.07, 6.45) is 1.34. The minimum atomic E-state index is -0.842. The SMILES string of the molecule is O=C(N/N=C/c1cccc2ccc(O)cc12)c1cc([N+](=O)[O-])cc([N+](=O)[O-])c1. The van der Waals surface area contributed by atoms with E-state index in [2.05, 4.69) is 10.5 Å². The van der Waals surface area contributed by atoms with Gasteiger partial charge in [-0.05, 0) is 22.9 Å². The van der Waals surface area contributed by atoms with Crippen molar-refractivity contribution in [1.29, 1.82) is 0 Å². The highest BCUT2D eigenvalue weighted by Gasteiger charge is 2.19. The number of benzene rings is 3. The second kappa shape index (κ2) is 7.50. The summed E-state index contributed by atoms with van der Waals surface area (Å²) in [5.41, 5.74) is 1.37. The van der Waals surface area contributed by atoms with Crippen LogP contribution in [0.25, 0.3) is 10.8 Å². The predicted molar refractivity (Wildman–Crippen MR) is 100 cm³/mol. The lowest BCUT2D eigenvalue weighted by molar-refractivity contribution is -0.394. The second-order valence-corrected chi connectivity index (χ2v) is 5.70. The summed E-state index contributed by atoms with van der Waals surface area (Å²) in [5, 5.41) is 36.8. The van der Waals surface area contributed by atoms with Crippen LogP contribution in [0.15, 0.2) is 59.7 Å². The van der Waals surface area contributed by atoms with E-state index in [1.807, 2.05) is 6.07 Å². The van der Waals surface area contributed by atoms with Crippen molar-refractivity contribution < 1.29 is 19.7 Å². The summed E-state index contributed by atoms with van der Waals surface area (Å²) in [5.74, 6) is -0.771. The summed E-state index contributed by atoms with van der Waals surface area (Å²) in [4.78, 5) is 32.4. The number of rotatable bonds is 5. The molecule has 0 atom stereocenters. The molecule has 3 aromatic carbocycles. The van der Waals surface area contributed by atoms with Gasteiger partial charge in [0.1, 0.15) is 5.75 Å². The van der Waals surface area contributed by atoms with Crippen molar-refractivity contribution in [2.45, 2.75) is 0 Å². The minimum Gasteiger partial charge on any atom is -0.508 e. The van der Waals surface area contributed by atoms with Crippen LogP contribution in [0.4, 0.5) is 11.4 Å². The zero-order valence-electron chi connectivity index (χ0n) is 14.1. The fourth-order valence-corrected chi connectivity index (χ4v) is 2.56. The molecule has 0 aliphatic rings. The first-order valence-corrected chi connectivity index (χ1v) is 7.84. The number of nitro groups is 2. The first kappa shape index (κ1) is 18.5. The molecule has 10 nitrogen and oxygen atoms in total. The average Bonchev–Trinajstić information content (AvgIpc) is 2.67. The van der Waals surface area contributed by atoms with E-state index in [0.29, 0.717) is 10.9 Å². The van der Waals surface area contributed by atoms with Gasteiger partial charge in [-0.15, -0.1) is 0 Å². The van der Waals surface area contributed by atoms with Crippen LogP contribution in [-0.4, -0.2) is 27.1 Å². The van der Waals surface area contributed by atoms with Crippen LogP contribution in [0.1, 0.15) is 15.9 Å². The van der Waals surface area contributed by atoms with Crippen LogP contribution in [-0.2, 0) is 0 Å². The Kier molecular flexibility index (Phi) is 4.94. The fourth-order valence-electron chi connectivity index (χ4n) is 2.56. The molecular weight excluding hydrogens is 368 g/mol. The van der Waals surface area contributed by atoms with E-state index in [0.717, 1.165) is 23.6 Å². The highest BCUT2D eigenvalue weighted by Crippen LogP contribution is 2.23. The topological polar surface area (TPSA) is 148 Å². The number of hydrogen-bond acceptors (Lipinski definition) is 7. The Morgan fingerprint density at radius 1 is 1.00 bits per heavy atom. The predicted octanol–water partition coefficient (Wildman–Crippen LogP) is 3.13. The average molecular weight is 380 g/mol. The molecule has 140 valence electrons. The molecule has 0 aliphatic heterocycles. The number of carbonyl (C=O) groups excluding carboxylic acids is 1. The molecule has 0 spiro atoms. The number of non-ortho nitro benzene ring substituents is 2. The molecule has 0 saturated heterocycles. The van der Waals surface area contributed by atoms with Crippen LogP contribution in [0.5, 0.6) is 5.75 Å². The molecule has 0 fully saturated rings. The molecule has 0 saturated carbocycles. The largest absolute Gasteiger partial charge is 0.508 e. The summed E-state index contributed by atoms with van der Waals surface area (Å²) in [6.45, 7) is 0. The number of fused-ring (bicyclic) bond motifs is 1. The second-order valence-electron chi connectivity index (χ2n) is 5.70. The van der Waals surface area contributed by atoms with Crippen LogP contribution >= 0.6 is 0 Å². The van der Waals surface area contributed by atoms with Gasteiger partial charge in [-0.2, -0.15) is 5.10 Å². The Morgan fingerprint density at radius 2 is 1.68 bits per heavy atom. The fraction of sp³-hybridized carbons (Fsp3) is 0. The van der Waals surface area contributed by atoms with Gasteiger partial charge >= 0.3 is 0 Å². The van der Waals surface area contributed by atoms with Crippen molar-refractivity contribution in [2.75, 3.05) is 0 Å². The number of nitrogens with one attached hydrogen (secondary N) is 1. The van der Waals surface area contributed by atoms with Crippen molar-refractivity contribution in [2.24, 2.45) is 5.10 Å². The van der Waals surface area contributed by atoms with Gasteiger partial charge in [-0.25, -0.2) is 5.43 Å². The molecule has 0 unspecified atom stereocenters. The zero-order chi connectivity index (χ0) is 20.3. The molecule has 1 amide bonds. The standard InChI is InChI=1S/C18H12N4O6/c23-16-5-4-11-2-1-3-12(17(11)9-16)10-19-20-18(24)13-6-14(21(25)26)8-15(7-13)22(27)28/h1-10,23H,(H,20,24)/b19-10+. The third-order valence-electron chi connectivity index (χ3n) is 3.86. The molecule has 0 aliphatic carbocycles. The Labute approximate surface area is 157 Å². The number of aromatic hydroxyl groups is 1. The van der Waals surface area contributed by atoms with E-state index in [1.54, 1.807) is 30.3 Å². The molecule has 0 bridgehead atoms. The summed E-state index contributed by atoms with van der Waals surface area (Å²) < 4.78 is 0. The van der Waals surface area contributed by atoms with Crippen molar-refractivity contribution >= 4 is 34.3 Å². The molecule has 3 rings (SSSR count). The molecule has 10 heteroatoms. The van der Waals surface area contributed by atoms with Gasteiger partial charge < -0.3 is 5.11 Å². The number of nitrogens with zero attached hydrogens (tertiary/aromatic N) is 3. The van der Waals surface area contributed by atoms with Gasteiger partial charge in [-0.3, -0.25) is 25.0 Å². The molecule has 28 heavy (non-hydrogen) atoms. The molecule has 2 N–H and O–H groups in total. The van der Waals surface area contributed by atoms with Gasteiger partial charge in [0.05, 0.1) is 27.7 Å². The number of amides is 1. The Hall–Kier alpha value is -4.34. The first-order valence-electron chi connectivity index (χ1n) is 7.84. The van der Waals surface area contributed by atoms with Crippen LogP contribution < -0.4 is 5.43 Å². The maximum absolute atomic E-state index is 12.2. The molecule has 0 aromatic heterocycles. The van der Waals surface area contributed by atoms with Gasteiger partial charge in [0.15, 0.2) is 0 Å². The number of carbonyl (C=O) groups is 1. The van der Waals surface area contributed by atoms with Crippen molar-refractivity contribution in [1.82, 2.24) is 5.43 Å². The Balaban J connectivity index is 1.86. The number of phenolic OH excluding ortho intramolecular Hbond substituents is 1. The summed E-state index contributed by atoms with van der Waals surface area (Å²) >= 11 is 0. The van der Waals surface area contributed by atoms with Crippen LogP contribution in [0.2, 0.25) is 0 Å². The molecule has 3 aromatic rings. The van der Waals surface area contributed by atoms with E-state index < -0.39 is 27.1 Å². The third-order valence-corrected chi connectivity index (χ3v) is 3.86. The van der Waals surface area contributed by atoms with Crippen molar-refractivity contribution in [3.05, 3.63) is 86.0 Å². The van der Waals surface area contributed by atoms with Gasteiger partial charge in [-0.1, -0.05) is 24.3 Å². The number of hydrogen-bond donors (Lipinski definition) is 2. The van der Waals surface area contributed by atoms with Gasteiger partial charge in [0.2, 0.25) is 0 Å². The highest BCUT2D eigenvalue weighted by molar-refractivity contribution is 6.01.